The van der Waals surface area contributed by atoms with Gasteiger partial charge in [0.15, 0.2) is 5.78 Å². The molecule has 0 saturated carbocycles. The monoisotopic (exact) mass is 437 g/mol. The summed E-state index contributed by atoms with van der Waals surface area (Å²) in [5.74, 6) is 0.639. The van der Waals surface area contributed by atoms with E-state index >= 15 is 0 Å². The van der Waals surface area contributed by atoms with Crippen LogP contribution in [0, 0.1) is 5.92 Å². The van der Waals surface area contributed by atoms with Crippen LogP contribution in [0.15, 0.2) is 54.6 Å². The van der Waals surface area contributed by atoms with Crippen molar-refractivity contribution >= 4 is 23.8 Å². The van der Waals surface area contributed by atoms with E-state index in [-0.39, 0.29) is 18.2 Å². The lowest BCUT2D eigenvalue weighted by Gasteiger charge is -2.26. The molecule has 2 nitrogen and oxygen atoms in total. The van der Waals surface area contributed by atoms with Gasteiger partial charge in [0.1, 0.15) is 0 Å². The van der Waals surface area contributed by atoms with E-state index in [0.717, 1.165) is 18.1 Å². The minimum Gasteiger partial charge on any atom is -0.293 e. The van der Waals surface area contributed by atoms with E-state index in [1.807, 2.05) is 35.2 Å². The fourth-order valence-corrected chi connectivity index (χ4v) is 3.60. The molecule has 0 saturated heterocycles. The van der Waals surface area contributed by atoms with Crippen molar-refractivity contribution in [3.05, 3.63) is 76.9 Å². The van der Waals surface area contributed by atoms with Crippen molar-refractivity contribution in [1.82, 2.24) is 4.90 Å². The van der Waals surface area contributed by atoms with E-state index in [4.69, 9.17) is 0 Å². The molecule has 0 aliphatic carbocycles. The van der Waals surface area contributed by atoms with Crippen LogP contribution in [-0.2, 0) is 12.6 Å². The Balaban J connectivity index is 0.00000320. The van der Waals surface area contributed by atoms with Gasteiger partial charge in [-0.2, -0.15) is 13.2 Å². The smallest absolute Gasteiger partial charge is 0.293 e. The van der Waals surface area contributed by atoms with Gasteiger partial charge in [0.25, 0.3) is 0 Å². The highest BCUT2D eigenvalue weighted by Crippen LogP contribution is 2.32. The lowest BCUT2D eigenvalue weighted by molar-refractivity contribution is -0.137. The average Bonchev–Trinajstić information content (AvgIpc) is 2.68. The quantitative estimate of drug-likeness (QED) is 0.494. The second-order valence-electron chi connectivity index (χ2n) is 8.01. The number of halogens is 4. The van der Waals surface area contributed by atoms with Gasteiger partial charge in [-0.25, -0.2) is 0 Å². The number of hydrogen-bond acceptors (Lipinski definition) is 2. The molecule has 0 spiro atoms. The van der Waals surface area contributed by atoms with Crippen molar-refractivity contribution in [3.8, 4) is 0 Å². The van der Waals surface area contributed by atoms with Gasteiger partial charge in [-0.3, -0.25) is 9.69 Å². The van der Waals surface area contributed by atoms with Crippen molar-refractivity contribution in [2.75, 3.05) is 19.6 Å². The molecule has 2 aromatic rings. The molecule has 0 N–H and O–H groups in total. The first kappa shape index (κ1) is 24.2. The van der Waals surface area contributed by atoms with Crippen LogP contribution in [0.3, 0.4) is 0 Å². The van der Waals surface area contributed by atoms with Gasteiger partial charge in [0, 0.05) is 18.7 Å². The highest BCUT2D eigenvalue weighted by atomic mass is 35.5. The number of alkyl halides is 3. The summed E-state index contributed by atoms with van der Waals surface area (Å²) in [5.41, 5.74) is 2.80. The number of benzene rings is 2. The molecule has 0 radical (unpaired) electrons. The van der Waals surface area contributed by atoms with Gasteiger partial charge in [-0.05, 0) is 47.6 Å². The highest BCUT2D eigenvalue weighted by molar-refractivity contribution is 5.97. The van der Waals surface area contributed by atoms with Crippen molar-refractivity contribution < 1.29 is 18.0 Å². The summed E-state index contributed by atoms with van der Waals surface area (Å²) in [7, 11) is 0. The predicted molar refractivity (Wildman–Crippen MR) is 117 cm³/mol. The first-order chi connectivity index (χ1) is 13.7. The van der Waals surface area contributed by atoms with Crippen LogP contribution in [0.25, 0.3) is 5.57 Å². The number of nitrogens with zero attached hydrogens (tertiary/aromatic N) is 1. The molecule has 1 aliphatic rings. The van der Waals surface area contributed by atoms with E-state index in [1.54, 1.807) is 6.07 Å². The average molecular weight is 438 g/mol. The standard InChI is InChI=1S/C24H26F3NO.ClH/c1-17(2)14-18-6-8-20(9-7-18)23(29)16-28-12-10-19(11-13-28)21-4-3-5-22(15-21)24(25,26)27;/h3-10,15,17H,11-14,16H2,1-2H3;1H. The van der Waals surface area contributed by atoms with Gasteiger partial charge in [0.2, 0.25) is 0 Å². The van der Waals surface area contributed by atoms with Crippen molar-refractivity contribution in [1.29, 1.82) is 0 Å². The van der Waals surface area contributed by atoms with E-state index in [1.165, 1.54) is 17.7 Å². The molecule has 2 aromatic carbocycles. The fraction of sp³-hybridized carbons (Fsp3) is 0.375. The van der Waals surface area contributed by atoms with Crippen LogP contribution in [0.5, 0.6) is 0 Å². The molecule has 162 valence electrons. The maximum atomic E-state index is 12.9. The van der Waals surface area contributed by atoms with Crippen LogP contribution in [0.2, 0.25) is 0 Å². The molecular formula is C24H27ClF3NO. The van der Waals surface area contributed by atoms with Gasteiger partial charge < -0.3 is 0 Å². The number of hydrogen-bond donors (Lipinski definition) is 0. The normalized spacial score (nSPS) is 14.9. The zero-order valence-electron chi connectivity index (χ0n) is 17.2. The SMILES string of the molecule is CC(C)Cc1ccc(C(=O)CN2CC=C(c3cccc(C(F)(F)F)c3)CC2)cc1.Cl. The van der Waals surface area contributed by atoms with Crippen LogP contribution >= 0.6 is 12.4 Å². The molecule has 0 unspecified atom stereocenters. The van der Waals surface area contributed by atoms with Crippen molar-refractivity contribution in [2.24, 2.45) is 5.92 Å². The lowest BCUT2D eigenvalue weighted by Crippen LogP contribution is -2.33. The van der Waals surface area contributed by atoms with Gasteiger partial charge in [0.05, 0.1) is 12.1 Å². The fourth-order valence-electron chi connectivity index (χ4n) is 3.60. The third kappa shape index (κ3) is 6.44. The summed E-state index contributed by atoms with van der Waals surface area (Å²) in [6.07, 6.45) is -0.794. The summed E-state index contributed by atoms with van der Waals surface area (Å²) >= 11 is 0. The number of carbonyl (C=O) groups excluding carboxylic acids is 1. The highest BCUT2D eigenvalue weighted by Gasteiger charge is 2.30. The summed E-state index contributed by atoms with van der Waals surface area (Å²) in [5, 5.41) is 0. The summed E-state index contributed by atoms with van der Waals surface area (Å²) in [6, 6.07) is 13.2. The molecule has 30 heavy (non-hydrogen) atoms. The van der Waals surface area contributed by atoms with Crippen molar-refractivity contribution in [3.63, 3.8) is 0 Å². The van der Waals surface area contributed by atoms with E-state index < -0.39 is 11.7 Å². The molecule has 0 fully saturated rings. The van der Waals surface area contributed by atoms with Crippen LogP contribution in [-0.4, -0.2) is 30.3 Å². The van der Waals surface area contributed by atoms with E-state index in [9.17, 15) is 18.0 Å². The zero-order chi connectivity index (χ0) is 21.0. The summed E-state index contributed by atoms with van der Waals surface area (Å²) in [6.45, 7) is 5.85. The van der Waals surface area contributed by atoms with Gasteiger partial charge >= 0.3 is 6.18 Å². The topological polar surface area (TPSA) is 20.3 Å². The Morgan fingerprint density at radius 3 is 2.37 bits per heavy atom. The summed E-state index contributed by atoms with van der Waals surface area (Å²) in [4.78, 5) is 14.6. The second-order valence-corrected chi connectivity index (χ2v) is 8.01. The largest absolute Gasteiger partial charge is 0.416 e. The Morgan fingerprint density at radius 1 is 1.10 bits per heavy atom. The molecule has 1 heterocycles. The second kappa shape index (κ2) is 10.3. The Bertz CT molecular complexity index is 888. The molecular weight excluding hydrogens is 411 g/mol. The number of ketones is 1. The zero-order valence-corrected chi connectivity index (χ0v) is 18.0. The molecule has 1 aliphatic heterocycles. The van der Waals surface area contributed by atoms with Crippen LogP contribution in [0.4, 0.5) is 13.2 Å². The van der Waals surface area contributed by atoms with E-state index in [2.05, 4.69) is 13.8 Å². The third-order valence-electron chi connectivity index (χ3n) is 5.14. The number of Topliss-reactive ketones (excluding diaryl/α,β-unsaturated/α-hetero) is 1. The Labute approximate surface area is 182 Å². The molecule has 0 atom stereocenters. The predicted octanol–water partition coefficient (Wildman–Crippen LogP) is 6.30. The molecule has 0 aromatic heterocycles. The molecule has 3 rings (SSSR count). The Kier molecular flexibility index (Phi) is 8.27. The van der Waals surface area contributed by atoms with Crippen LogP contribution in [0.1, 0.15) is 47.3 Å². The number of carbonyl (C=O) groups is 1. The summed E-state index contributed by atoms with van der Waals surface area (Å²) < 4.78 is 38.8. The molecule has 6 heteroatoms. The number of rotatable bonds is 6. The van der Waals surface area contributed by atoms with Crippen molar-refractivity contribution in [2.45, 2.75) is 32.9 Å². The van der Waals surface area contributed by atoms with Crippen LogP contribution < -0.4 is 0 Å². The first-order valence-electron chi connectivity index (χ1n) is 9.93. The maximum absolute atomic E-state index is 12.9. The Hall–Kier alpha value is -2.11. The molecule has 0 amide bonds. The van der Waals surface area contributed by atoms with E-state index in [0.29, 0.717) is 43.1 Å². The lowest BCUT2D eigenvalue weighted by atomic mass is 9.97. The Morgan fingerprint density at radius 2 is 1.80 bits per heavy atom. The van der Waals surface area contributed by atoms with Gasteiger partial charge in [-0.15, -0.1) is 12.4 Å². The third-order valence-corrected chi connectivity index (χ3v) is 5.14. The minimum absolute atomic E-state index is 0. The van der Waals surface area contributed by atoms with Gasteiger partial charge in [-0.1, -0.05) is 56.3 Å². The minimum atomic E-state index is -4.34. The maximum Gasteiger partial charge on any atom is 0.416 e. The molecule has 0 bridgehead atoms. The first-order valence-corrected chi connectivity index (χ1v) is 9.93.